The maximum absolute atomic E-state index is 9.14. The monoisotopic (exact) mass is 706 g/mol. The predicted molar refractivity (Wildman–Crippen MR) is 227 cm³/mol. The van der Waals surface area contributed by atoms with Gasteiger partial charge in [-0.05, 0) is 63.7 Å². The largest absolute Gasteiger partial charge is 0.309 e. The summed E-state index contributed by atoms with van der Waals surface area (Å²) in [5, 5.41) is 1.27. The minimum absolute atomic E-state index is 0.0595. The normalized spacial score (nSPS) is 12.3. The highest BCUT2D eigenvalue weighted by Gasteiger charge is 2.17. The Hall–Kier alpha value is -7.43. The predicted octanol–water partition coefficient (Wildman–Crippen LogP) is 13.0. The summed E-state index contributed by atoms with van der Waals surface area (Å²) >= 11 is 0. The SMILES string of the molecule is [2H]c1c([2H])c([2H])c2c(c1[2H])c1c(-c3ccc(-c4ccccc4)cc3)cccc1n2-c1ccc(-c2cccc(-c3nc(-c4ccccc4)nc(-c4ccccc4)n3)c2)cc1. The second-order valence-electron chi connectivity index (χ2n) is 13.4. The van der Waals surface area contributed by atoms with Crippen molar-refractivity contribution in [3.05, 3.63) is 206 Å². The number of rotatable bonds is 7. The lowest BCUT2D eigenvalue weighted by molar-refractivity contribution is 1.07. The van der Waals surface area contributed by atoms with Crippen LogP contribution in [0.3, 0.4) is 0 Å². The van der Waals surface area contributed by atoms with E-state index in [0.29, 0.717) is 28.4 Å². The van der Waals surface area contributed by atoms with Gasteiger partial charge in [0.2, 0.25) is 0 Å². The van der Waals surface area contributed by atoms with Crippen LogP contribution in [-0.2, 0) is 0 Å². The second kappa shape index (κ2) is 13.8. The summed E-state index contributed by atoms with van der Waals surface area (Å²) in [7, 11) is 0. The first-order chi connectivity index (χ1) is 28.9. The van der Waals surface area contributed by atoms with Gasteiger partial charge in [0, 0.05) is 33.2 Å². The molecule has 0 saturated carbocycles. The highest BCUT2D eigenvalue weighted by atomic mass is 15.0. The molecule has 4 heteroatoms. The van der Waals surface area contributed by atoms with Gasteiger partial charge in [-0.1, -0.05) is 176 Å². The van der Waals surface area contributed by atoms with Gasteiger partial charge in [-0.25, -0.2) is 15.0 Å². The number of hydrogen-bond donors (Lipinski definition) is 0. The summed E-state index contributed by atoms with van der Waals surface area (Å²) in [5.41, 5.74) is 10.7. The van der Waals surface area contributed by atoms with Gasteiger partial charge in [-0.2, -0.15) is 0 Å². The molecule has 0 N–H and O–H groups in total. The van der Waals surface area contributed by atoms with Crippen LogP contribution in [0.25, 0.3) is 95.0 Å². The van der Waals surface area contributed by atoms with Gasteiger partial charge in [0.25, 0.3) is 0 Å². The molecule has 2 aromatic heterocycles. The molecule has 0 saturated heterocycles. The van der Waals surface area contributed by atoms with Crippen molar-refractivity contribution in [2.45, 2.75) is 0 Å². The Balaban J connectivity index is 1.07. The van der Waals surface area contributed by atoms with E-state index >= 15 is 0 Å². The van der Waals surface area contributed by atoms with E-state index in [1.54, 1.807) is 0 Å². The molecule has 2 heterocycles. The molecular formula is C51H34N4. The van der Waals surface area contributed by atoms with Crippen molar-refractivity contribution in [1.82, 2.24) is 19.5 Å². The van der Waals surface area contributed by atoms with E-state index in [-0.39, 0.29) is 24.2 Å². The van der Waals surface area contributed by atoms with Crippen LogP contribution >= 0.6 is 0 Å². The van der Waals surface area contributed by atoms with Gasteiger partial charge in [0.15, 0.2) is 17.5 Å². The molecule has 0 aliphatic rings. The van der Waals surface area contributed by atoms with Crippen molar-refractivity contribution >= 4 is 21.8 Å². The molecule has 0 radical (unpaired) electrons. The minimum Gasteiger partial charge on any atom is -0.309 e. The van der Waals surface area contributed by atoms with Gasteiger partial charge < -0.3 is 4.57 Å². The summed E-state index contributed by atoms with van der Waals surface area (Å²) in [4.78, 5) is 14.7. The third-order valence-electron chi connectivity index (χ3n) is 10.0. The first kappa shape index (κ1) is 28.1. The topological polar surface area (TPSA) is 43.6 Å². The molecule has 4 nitrogen and oxygen atoms in total. The van der Waals surface area contributed by atoms with Gasteiger partial charge in [0.05, 0.1) is 16.5 Å². The summed E-state index contributed by atoms with van der Waals surface area (Å²) < 4.78 is 37.6. The zero-order valence-electron chi connectivity index (χ0n) is 33.6. The average molecular weight is 707 g/mol. The first-order valence-corrected chi connectivity index (χ1v) is 18.2. The fourth-order valence-electron chi connectivity index (χ4n) is 7.32. The van der Waals surface area contributed by atoms with Crippen molar-refractivity contribution in [2.75, 3.05) is 0 Å². The maximum atomic E-state index is 9.14. The van der Waals surface area contributed by atoms with Crippen LogP contribution in [-0.4, -0.2) is 19.5 Å². The van der Waals surface area contributed by atoms with E-state index in [2.05, 4.69) is 48.5 Å². The number of para-hydroxylation sites is 1. The van der Waals surface area contributed by atoms with E-state index in [1.807, 2.05) is 138 Å². The molecule has 10 aromatic rings. The number of hydrogen-bond acceptors (Lipinski definition) is 3. The molecule has 0 amide bonds. The molecule has 55 heavy (non-hydrogen) atoms. The zero-order chi connectivity index (χ0) is 40.0. The molecule has 8 aromatic carbocycles. The molecule has 0 unspecified atom stereocenters. The van der Waals surface area contributed by atoms with Crippen molar-refractivity contribution in [2.24, 2.45) is 0 Å². The highest BCUT2D eigenvalue weighted by molar-refractivity contribution is 6.15. The highest BCUT2D eigenvalue weighted by Crippen LogP contribution is 2.39. The van der Waals surface area contributed by atoms with E-state index in [4.69, 9.17) is 20.4 Å². The van der Waals surface area contributed by atoms with Crippen LogP contribution in [0.2, 0.25) is 0 Å². The average Bonchev–Trinajstić information content (AvgIpc) is 3.67. The van der Waals surface area contributed by atoms with Gasteiger partial charge in [-0.3, -0.25) is 0 Å². The van der Waals surface area contributed by atoms with Crippen LogP contribution in [0.4, 0.5) is 0 Å². The van der Waals surface area contributed by atoms with Gasteiger partial charge in [-0.15, -0.1) is 0 Å². The Labute approximate surface area is 325 Å². The lowest BCUT2D eigenvalue weighted by Gasteiger charge is -2.11. The molecule has 0 bridgehead atoms. The minimum atomic E-state index is -0.266. The Morgan fingerprint density at radius 1 is 0.364 bits per heavy atom. The molecule has 258 valence electrons. The quantitative estimate of drug-likeness (QED) is 0.166. The van der Waals surface area contributed by atoms with Crippen molar-refractivity contribution in [3.63, 3.8) is 0 Å². The summed E-state index contributed by atoms with van der Waals surface area (Å²) in [6.45, 7) is 0. The standard InChI is InChI=1S/C51H34N4/c1-4-14-35(15-5-1)36-26-28-38(29-27-36)44-23-13-25-47-48(44)45-22-10-11-24-46(45)55(47)43-32-30-37(31-33-43)41-20-12-21-42(34-41)51-53-49(39-16-6-2-7-17-39)52-50(54-51)40-18-8-3-9-19-40/h1-34H/i10D,11D,22D,24D. The van der Waals surface area contributed by atoms with Gasteiger partial charge >= 0.3 is 0 Å². The van der Waals surface area contributed by atoms with E-state index in [0.717, 1.165) is 66.7 Å². The second-order valence-corrected chi connectivity index (χ2v) is 13.4. The molecular weight excluding hydrogens is 669 g/mol. The Morgan fingerprint density at radius 3 is 1.49 bits per heavy atom. The number of aromatic nitrogens is 4. The molecule has 0 atom stereocenters. The molecule has 0 aliphatic carbocycles. The van der Waals surface area contributed by atoms with Crippen molar-refractivity contribution in [1.29, 1.82) is 0 Å². The maximum Gasteiger partial charge on any atom is 0.164 e. The third-order valence-corrected chi connectivity index (χ3v) is 10.0. The summed E-state index contributed by atoms with van der Waals surface area (Å²) in [5.74, 6) is 1.77. The molecule has 0 spiro atoms. The fourth-order valence-corrected chi connectivity index (χ4v) is 7.32. The lowest BCUT2D eigenvalue weighted by Crippen LogP contribution is -2.00. The molecule has 10 rings (SSSR count). The number of nitrogens with zero attached hydrogens (tertiary/aromatic N) is 4. The van der Waals surface area contributed by atoms with Crippen LogP contribution in [0.1, 0.15) is 5.48 Å². The van der Waals surface area contributed by atoms with Crippen LogP contribution < -0.4 is 0 Å². The fraction of sp³-hybridized carbons (Fsp3) is 0. The van der Waals surface area contributed by atoms with Crippen molar-refractivity contribution < 1.29 is 5.48 Å². The molecule has 0 fully saturated rings. The number of fused-ring (bicyclic) bond motifs is 3. The van der Waals surface area contributed by atoms with Gasteiger partial charge in [0.1, 0.15) is 0 Å². The lowest BCUT2D eigenvalue weighted by atomic mass is 9.97. The van der Waals surface area contributed by atoms with E-state index in [9.17, 15) is 0 Å². The Morgan fingerprint density at radius 2 is 0.836 bits per heavy atom. The Bertz CT molecular complexity index is 3110. The Kier molecular flexibility index (Phi) is 7.08. The van der Waals surface area contributed by atoms with E-state index in [1.165, 1.54) is 0 Å². The van der Waals surface area contributed by atoms with Crippen molar-refractivity contribution in [3.8, 4) is 73.2 Å². The van der Waals surface area contributed by atoms with Crippen LogP contribution in [0.15, 0.2) is 206 Å². The smallest absolute Gasteiger partial charge is 0.164 e. The number of benzene rings is 8. The first-order valence-electron chi connectivity index (χ1n) is 20.2. The van der Waals surface area contributed by atoms with Crippen LogP contribution in [0.5, 0.6) is 0 Å². The van der Waals surface area contributed by atoms with E-state index < -0.39 is 0 Å². The van der Waals surface area contributed by atoms with Crippen LogP contribution in [0, 0.1) is 0 Å². The zero-order valence-corrected chi connectivity index (χ0v) is 29.6. The third kappa shape index (κ3) is 6.06. The molecule has 0 aliphatic heterocycles. The summed E-state index contributed by atoms with van der Waals surface area (Å²) in [6, 6.07) is 60.0. The summed E-state index contributed by atoms with van der Waals surface area (Å²) in [6.07, 6.45) is 0.